The average molecular weight is 272 g/mol. The number of carbonyl (C=O) groups is 1. The number of azide groups is 1. The van der Waals surface area contributed by atoms with Crippen molar-refractivity contribution in [1.82, 2.24) is 4.98 Å². The molecule has 98 valence electrons. The molecule has 0 aliphatic rings. The number of aliphatic hydroxyl groups is 2. The zero-order valence-electron chi connectivity index (χ0n) is 9.52. The Bertz CT molecular complexity index is 483. The second-order valence-electron chi connectivity index (χ2n) is 3.53. The Hall–Kier alpha value is -1.67. The number of thiazole rings is 1. The number of aliphatic hydroxyl groups excluding tert-OH is 2. The van der Waals surface area contributed by atoms with Crippen LogP contribution in [0.2, 0.25) is 0 Å². The minimum absolute atomic E-state index is 0.0336. The maximum Gasteiger partial charge on any atom is 0.347 e. The van der Waals surface area contributed by atoms with E-state index in [9.17, 15) is 15.0 Å². The number of rotatable bonds is 6. The number of aromatic nitrogens is 1. The van der Waals surface area contributed by atoms with Gasteiger partial charge < -0.3 is 15.3 Å². The summed E-state index contributed by atoms with van der Waals surface area (Å²) in [5.41, 5.74) is 8.37. The van der Waals surface area contributed by atoms with Gasteiger partial charge in [-0.2, -0.15) is 0 Å². The summed E-state index contributed by atoms with van der Waals surface area (Å²) >= 11 is 0.819. The molecule has 0 amide bonds. The number of hydrogen-bond donors (Lipinski definition) is 3. The first-order chi connectivity index (χ1) is 8.47. The molecule has 1 rings (SSSR count). The van der Waals surface area contributed by atoms with Gasteiger partial charge in [0, 0.05) is 11.5 Å². The normalized spacial score (nSPS) is 13.7. The van der Waals surface area contributed by atoms with Crippen molar-refractivity contribution < 1.29 is 20.1 Å². The summed E-state index contributed by atoms with van der Waals surface area (Å²) in [6.07, 6.45) is -2.36. The molecule has 1 aromatic heterocycles. The summed E-state index contributed by atoms with van der Waals surface area (Å²) in [6, 6.07) is 0. The molecule has 8 nitrogen and oxygen atoms in total. The molecule has 0 aliphatic carbocycles. The third kappa shape index (κ3) is 3.41. The van der Waals surface area contributed by atoms with Gasteiger partial charge in [0.15, 0.2) is 0 Å². The van der Waals surface area contributed by atoms with Crippen LogP contribution in [-0.4, -0.2) is 38.9 Å². The van der Waals surface area contributed by atoms with Crippen LogP contribution in [0.25, 0.3) is 10.4 Å². The van der Waals surface area contributed by atoms with E-state index in [-0.39, 0.29) is 22.9 Å². The second kappa shape index (κ2) is 6.31. The van der Waals surface area contributed by atoms with E-state index in [1.807, 2.05) is 0 Å². The molecular formula is C9H12N4O4S. The Labute approximate surface area is 106 Å². The summed E-state index contributed by atoms with van der Waals surface area (Å²) in [6.45, 7) is 1.56. The topological polar surface area (TPSA) is 139 Å². The summed E-state index contributed by atoms with van der Waals surface area (Å²) in [4.78, 5) is 17.3. The molecule has 3 N–H and O–H groups in total. The number of aromatic carboxylic acids is 1. The van der Waals surface area contributed by atoms with Crippen molar-refractivity contribution in [2.75, 3.05) is 6.54 Å². The summed E-state index contributed by atoms with van der Waals surface area (Å²) in [5.74, 6) is -1.12. The lowest BCUT2D eigenvalue weighted by Gasteiger charge is -2.14. The third-order valence-corrected chi connectivity index (χ3v) is 3.43. The van der Waals surface area contributed by atoms with Gasteiger partial charge in [-0.3, -0.25) is 0 Å². The lowest BCUT2D eigenvalue weighted by atomic mass is 10.1. The molecule has 18 heavy (non-hydrogen) atoms. The third-order valence-electron chi connectivity index (χ3n) is 2.21. The molecule has 2 unspecified atom stereocenters. The molecule has 0 aliphatic heterocycles. The van der Waals surface area contributed by atoms with Crippen LogP contribution in [0.3, 0.4) is 0 Å². The van der Waals surface area contributed by atoms with E-state index in [2.05, 4.69) is 15.0 Å². The van der Waals surface area contributed by atoms with Gasteiger partial charge in [-0.25, -0.2) is 9.78 Å². The van der Waals surface area contributed by atoms with Gasteiger partial charge in [-0.05, 0) is 18.9 Å². The Morgan fingerprint density at radius 2 is 2.28 bits per heavy atom. The van der Waals surface area contributed by atoms with Crippen molar-refractivity contribution in [1.29, 1.82) is 0 Å². The lowest BCUT2D eigenvalue weighted by Crippen LogP contribution is -2.19. The van der Waals surface area contributed by atoms with Crippen LogP contribution in [0.1, 0.15) is 32.9 Å². The van der Waals surface area contributed by atoms with E-state index in [1.54, 1.807) is 0 Å². The Morgan fingerprint density at radius 3 is 2.78 bits per heavy atom. The highest BCUT2D eigenvalue weighted by atomic mass is 32.1. The smallest absolute Gasteiger partial charge is 0.347 e. The van der Waals surface area contributed by atoms with Crippen molar-refractivity contribution in [3.63, 3.8) is 0 Å². The van der Waals surface area contributed by atoms with E-state index in [0.29, 0.717) is 5.69 Å². The molecule has 0 spiro atoms. The van der Waals surface area contributed by atoms with Crippen molar-refractivity contribution in [3.05, 3.63) is 26.0 Å². The van der Waals surface area contributed by atoms with E-state index in [4.69, 9.17) is 10.6 Å². The van der Waals surface area contributed by atoms with Crippen molar-refractivity contribution in [2.45, 2.75) is 25.6 Å². The number of nitrogens with zero attached hydrogens (tertiary/aromatic N) is 4. The van der Waals surface area contributed by atoms with Gasteiger partial charge in [-0.15, -0.1) is 11.3 Å². The van der Waals surface area contributed by atoms with E-state index >= 15 is 0 Å². The maximum atomic E-state index is 10.8. The lowest BCUT2D eigenvalue weighted by molar-refractivity contribution is 0.0148. The molecule has 0 aromatic carbocycles. The van der Waals surface area contributed by atoms with Gasteiger partial charge in [0.25, 0.3) is 0 Å². The number of aryl methyl sites for hydroxylation is 1. The molecule has 0 radical (unpaired) electrons. The first-order valence-electron chi connectivity index (χ1n) is 5.05. The highest BCUT2D eigenvalue weighted by molar-refractivity contribution is 7.13. The zero-order chi connectivity index (χ0) is 13.7. The van der Waals surface area contributed by atoms with Gasteiger partial charge in [0.2, 0.25) is 0 Å². The molecule has 1 heterocycles. The minimum Gasteiger partial charge on any atom is -0.477 e. The van der Waals surface area contributed by atoms with Crippen molar-refractivity contribution in [3.8, 4) is 0 Å². The molecular weight excluding hydrogens is 260 g/mol. The van der Waals surface area contributed by atoms with Gasteiger partial charge >= 0.3 is 5.97 Å². The first-order valence-corrected chi connectivity index (χ1v) is 5.86. The van der Waals surface area contributed by atoms with Crippen molar-refractivity contribution >= 4 is 17.3 Å². The highest BCUT2D eigenvalue weighted by Crippen LogP contribution is 2.26. The summed E-state index contributed by atoms with van der Waals surface area (Å²) in [5, 5.41) is 31.6. The number of carboxylic acid groups (broad SMARTS) is 1. The average Bonchev–Trinajstić information content (AvgIpc) is 2.70. The van der Waals surface area contributed by atoms with Gasteiger partial charge in [0.05, 0.1) is 11.8 Å². The largest absolute Gasteiger partial charge is 0.477 e. The fraction of sp³-hybridized carbons (Fsp3) is 0.556. The SMILES string of the molecule is Cc1nc(C(O)C(O)CCN=[N+]=[N-])sc1C(=O)O. The van der Waals surface area contributed by atoms with Crippen LogP contribution in [0.4, 0.5) is 0 Å². The standard InChI is InChI=1S/C9H12N4O4S/c1-4-7(9(16)17)18-8(12-4)6(15)5(14)2-3-11-13-10/h5-6,14-15H,2-3H2,1H3,(H,16,17). The highest BCUT2D eigenvalue weighted by Gasteiger charge is 2.24. The minimum atomic E-state index is -1.28. The van der Waals surface area contributed by atoms with Crippen LogP contribution >= 0.6 is 11.3 Å². The molecule has 1 aromatic rings. The molecule has 0 saturated heterocycles. The molecule has 0 saturated carbocycles. The zero-order valence-corrected chi connectivity index (χ0v) is 10.3. The van der Waals surface area contributed by atoms with Crippen LogP contribution in [-0.2, 0) is 0 Å². The van der Waals surface area contributed by atoms with E-state index in [1.165, 1.54) is 6.92 Å². The fourth-order valence-electron chi connectivity index (χ4n) is 1.30. The number of carboxylic acids is 1. The molecule has 9 heteroatoms. The Morgan fingerprint density at radius 1 is 1.61 bits per heavy atom. The monoisotopic (exact) mass is 272 g/mol. The summed E-state index contributed by atoms with van der Waals surface area (Å²) < 4.78 is 0. The van der Waals surface area contributed by atoms with Crippen LogP contribution in [0.15, 0.2) is 5.11 Å². The Kier molecular flexibility index (Phi) is 5.05. The van der Waals surface area contributed by atoms with Gasteiger partial charge in [0.1, 0.15) is 16.0 Å². The number of hydrogen-bond acceptors (Lipinski definition) is 6. The fourth-order valence-corrected chi connectivity index (χ4v) is 2.25. The quantitative estimate of drug-likeness (QED) is 0.406. The Balaban J connectivity index is 2.77. The molecule has 0 bridgehead atoms. The van der Waals surface area contributed by atoms with E-state index in [0.717, 1.165) is 11.3 Å². The van der Waals surface area contributed by atoms with Crippen molar-refractivity contribution in [2.24, 2.45) is 5.11 Å². The van der Waals surface area contributed by atoms with Crippen LogP contribution in [0, 0.1) is 6.92 Å². The predicted molar refractivity (Wildman–Crippen MR) is 63.4 cm³/mol. The summed E-state index contributed by atoms with van der Waals surface area (Å²) in [7, 11) is 0. The molecule has 2 atom stereocenters. The first kappa shape index (κ1) is 14.4. The second-order valence-corrected chi connectivity index (χ2v) is 4.56. The maximum absolute atomic E-state index is 10.8. The van der Waals surface area contributed by atoms with E-state index < -0.39 is 18.2 Å². The van der Waals surface area contributed by atoms with Crippen LogP contribution < -0.4 is 0 Å². The molecule has 0 fully saturated rings. The van der Waals surface area contributed by atoms with Gasteiger partial charge in [-0.1, -0.05) is 5.11 Å². The predicted octanol–water partition coefficient (Wildman–Crippen LogP) is 1.24. The van der Waals surface area contributed by atoms with Crippen LogP contribution in [0.5, 0.6) is 0 Å².